The predicted molar refractivity (Wildman–Crippen MR) is 82.7 cm³/mol. The lowest BCUT2D eigenvalue weighted by molar-refractivity contribution is -0.134. The van der Waals surface area contributed by atoms with E-state index in [-0.39, 0.29) is 11.8 Å². The smallest absolute Gasteiger partial charge is 0.330 e. The molecule has 21 heavy (non-hydrogen) atoms. The molecule has 1 aliphatic carbocycles. The molecule has 4 heteroatoms. The summed E-state index contributed by atoms with van der Waals surface area (Å²) >= 11 is 0. The Morgan fingerprint density at radius 3 is 2.62 bits per heavy atom. The molecule has 0 heterocycles. The molecule has 0 saturated heterocycles. The Kier molecular flexibility index (Phi) is 5.55. The number of carbonyl (C=O) groups excluding carboxylic acids is 2. The Hall–Kier alpha value is -2.10. The Bertz CT molecular complexity index is 531. The normalized spacial score (nSPS) is 15.9. The maximum Gasteiger partial charge on any atom is 0.330 e. The molecule has 0 aromatic heterocycles. The lowest BCUT2D eigenvalue weighted by atomic mass is 9.88. The third-order valence-electron chi connectivity index (χ3n) is 3.79. The number of anilines is 1. The number of hydrogen-bond donors (Lipinski definition) is 1. The number of amides is 1. The molecule has 0 unspecified atom stereocenters. The molecule has 1 aromatic rings. The summed E-state index contributed by atoms with van der Waals surface area (Å²) in [5, 5.41) is 2.98. The van der Waals surface area contributed by atoms with Gasteiger partial charge in [-0.3, -0.25) is 4.79 Å². The Labute approximate surface area is 125 Å². The first-order valence-electron chi connectivity index (χ1n) is 7.36. The van der Waals surface area contributed by atoms with Crippen molar-refractivity contribution in [1.82, 2.24) is 0 Å². The highest BCUT2D eigenvalue weighted by molar-refractivity contribution is 5.95. The van der Waals surface area contributed by atoms with Gasteiger partial charge in [-0.15, -0.1) is 0 Å². The van der Waals surface area contributed by atoms with Crippen LogP contribution in [0.25, 0.3) is 6.08 Å². The Morgan fingerprint density at radius 2 is 1.90 bits per heavy atom. The van der Waals surface area contributed by atoms with Crippen LogP contribution in [0.15, 0.2) is 30.3 Å². The summed E-state index contributed by atoms with van der Waals surface area (Å²) in [4.78, 5) is 23.5. The second kappa shape index (κ2) is 7.62. The number of esters is 1. The minimum Gasteiger partial charge on any atom is -0.466 e. The minimum atomic E-state index is -0.414. The summed E-state index contributed by atoms with van der Waals surface area (Å²) in [5.74, 6) is -0.228. The fourth-order valence-electron chi connectivity index (χ4n) is 2.58. The van der Waals surface area contributed by atoms with Gasteiger partial charge in [0.1, 0.15) is 0 Å². The van der Waals surface area contributed by atoms with Crippen molar-refractivity contribution in [3.05, 3.63) is 35.9 Å². The molecule has 1 fully saturated rings. The molecule has 1 aliphatic rings. The zero-order chi connectivity index (χ0) is 15.1. The average molecular weight is 287 g/mol. The van der Waals surface area contributed by atoms with Gasteiger partial charge in [0.15, 0.2) is 0 Å². The maximum absolute atomic E-state index is 12.3. The summed E-state index contributed by atoms with van der Waals surface area (Å²) in [6.07, 6.45) is 8.41. The van der Waals surface area contributed by atoms with Crippen molar-refractivity contribution in [2.45, 2.75) is 32.1 Å². The first-order valence-corrected chi connectivity index (χ1v) is 7.36. The summed E-state index contributed by atoms with van der Waals surface area (Å²) in [7, 11) is 1.34. The van der Waals surface area contributed by atoms with E-state index in [1.807, 2.05) is 24.3 Å². The summed E-state index contributed by atoms with van der Waals surface area (Å²) in [6.45, 7) is 0. The van der Waals surface area contributed by atoms with E-state index in [2.05, 4.69) is 10.1 Å². The fourth-order valence-corrected chi connectivity index (χ4v) is 2.58. The zero-order valence-corrected chi connectivity index (χ0v) is 12.3. The Morgan fingerprint density at radius 1 is 1.19 bits per heavy atom. The third-order valence-corrected chi connectivity index (χ3v) is 3.79. The van der Waals surface area contributed by atoms with Gasteiger partial charge in [0.25, 0.3) is 0 Å². The van der Waals surface area contributed by atoms with E-state index < -0.39 is 5.97 Å². The lowest BCUT2D eigenvalue weighted by Crippen LogP contribution is -2.25. The van der Waals surface area contributed by atoms with Crippen LogP contribution in [-0.2, 0) is 14.3 Å². The molecule has 1 aromatic carbocycles. The molecular weight excluding hydrogens is 266 g/mol. The molecule has 1 N–H and O–H groups in total. The monoisotopic (exact) mass is 287 g/mol. The van der Waals surface area contributed by atoms with E-state index >= 15 is 0 Å². The first kappa shape index (κ1) is 15.3. The van der Waals surface area contributed by atoms with E-state index in [1.165, 1.54) is 19.6 Å². The maximum atomic E-state index is 12.3. The molecular formula is C17H21NO3. The van der Waals surface area contributed by atoms with Gasteiger partial charge in [-0.25, -0.2) is 4.79 Å². The van der Waals surface area contributed by atoms with Gasteiger partial charge in [-0.2, -0.15) is 0 Å². The topological polar surface area (TPSA) is 55.4 Å². The Balaban J connectivity index is 2.07. The van der Waals surface area contributed by atoms with E-state index in [1.54, 1.807) is 6.08 Å². The number of para-hydroxylation sites is 1. The molecule has 0 aliphatic heterocycles. The van der Waals surface area contributed by atoms with Crippen LogP contribution in [0.5, 0.6) is 0 Å². The van der Waals surface area contributed by atoms with Gasteiger partial charge in [-0.05, 0) is 30.5 Å². The molecule has 112 valence electrons. The van der Waals surface area contributed by atoms with Crippen LogP contribution < -0.4 is 5.32 Å². The third kappa shape index (κ3) is 4.45. The van der Waals surface area contributed by atoms with Crippen LogP contribution in [-0.4, -0.2) is 19.0 Å². The van der Waals surface area contributed by atoms with Crippen molar-refractivity contribution in [1.29, 1.82) is 0 Å². The molecule has 0 spiro atoms. The standard InChI is InChI=1S/C17H21NO3/c1-21-16(19)12-11-13-7-5-6-10-15(13)18-17(20)14-8-3-2-4-9-14/h5-7,10-12,14H,2-4,8-9H2,1H3,(H,18,20). The highest BCUT2D eigenvalue weighted by Gasteiger charge is 2.21. The highest BCUT2D eigenvalue weighted by atomic mass is 16.5. The van der Waals surface area contributed by atoms with Crippen molar-refractivity contribution in [2.75, 3.05) is 12.4 Å². The zero-order valence-electron chi connectivity index (χ0n) is 12.3. The van der Waals surface area contributed by atoms with Crippen LogP contribution >= 0.6 is 0 Å². The number of rotatable bonds is 4. The number of nitrogens with one attached hydrogen (secondary N) is 1. The molecule has 1 saturated carbocycles. The molecule has 1 amide bonds. The number of ether oxygens (including phenoxy) is 1. The minimum absolute atomic E-state index is 0.0774. The van der Waals surface area contributed by atoms with Crippen LogP contribution in [0.2, 0.25) is 0 Å². The van der Waals surface area contributed by atoms with Crippen LogP contribution in [0.4, 0.5) is 5.69 Å². The van der Waals surface area contributed by atoms with Crippen LogP contribution in [0.3, 0.4) is 0 Å². The largest absolute Gasteiger partial charge is 0.466 e. The van der Waals surface area contributed by atoms with Crippen molar-refractivity contribution in [2.24, 2.45) is 5.92 Å². The number of hydrogen-bond acceptors (Lipinski definition) is 3. The summed E-state index contributed by atoms with van der Waals surface area (Å²) in [6, 6.07) is 7.44. The number of carbonyl (C=O) groups is 2. The van der Waals surface area contributed by atoms with Crippen molar-refractivity contribution < 1.29 is 14.3 Å². The van der Waals surface area contributed by atoms with Gasteiger partial charge >= 0.3 is 5.97 Å². The molecule has 0 radical (unpaired) electrons. The van der Waals surface area contributed by atoms with Gasteiger partial charge in [0.05, 0.1) is 7.11 Å². The molecule has 2 rings (SSSR count). The molecule has 0 atom stereocenters. The van der Waals surface area contributed by atoms with Gasteiger partial charge in [0, 0.05) is 17.7 Å². The second-order valence-electron chi connectivity index (χ2n) is 5.27. The summed E-state index contributed by atoms with van der Waals surface area (Å²) in [5.41, 5.74) is 1.53. The van der Waals surface area contributed by atoms with E-state index in [9.17, 15) is 9.59 Å². The van der Waals surface area contributed by atoms with E-state index in [0.717, 1.165) is 36.9 Å². The SMILES string of the molecule is COC(=O)C=Cc1ccccc1NC(=O)C1CCCCC1. The highest BCUT2D eigenvalue weighted by Crippen LogP contribution is 2.26. The second-order valence-corrected chi connectivity index (χ2v) is 5.27. The fraction of sp³-hybridized carbons (Fsp3) is 0.412. The molecule has 4 nitrogen and oxygen atoms in total. The summed E-state index contributed by atoms with van der Waals surface area (Å²) < 4.78 is 4.57. The van der Waals surface area contributed by atoms with E-state index in [0.29, 0.717) is 0 Å². The lowest BCUT2D eigenvalue weighted by Gasteiger charge is -2.21. The van der Waals surface area contributed by atoms with Crippen molar-refractivity contribution in [3.8, 4) is 0 Å². The molecule has 0 bridgehead atoms. The van der Waals surface area contributed by atoms with Crippen molar-refractivity contribution in [3.63, 3.8) is 0 Å². The van der Waals surface area contributed by atoms with Gasteiger partial charge in [-0.1, -0.05) is 37.5 Å². The van der Waals surface area contributed by atoms with Crippen LogP contribution in [0, 0.1) is 5.92 Å². The predicted octanol–water partition coefficient (Wildman–Crippen LogP) is 3.39. The van der Waals surface area contributed by atoms with Gasteiger partial charge in [0.2, 0.25) is 5.91 Å². The number of benzene rings is 1. The van der Waals surface area contributed by atoms with Crippen molar-refractivity contribution >= 4 is 23.6 Å². The van der Waals surface area contributed by atoms with Gasteiger partial charge < -0.3 is 10.1 Å². The van der Waals surface area contributed by atoms with Crippen LogP contribution in [0.1, 0.15) is 37.7 Å². The number of methoxy groups -OCH3 is 1. The quantitative estimate of drug-likeness (QED) is 0.682. The first-order chi connectivity index (χ1) is 10.2. The average Bonchev–Trinajstić information content (AvgIpc) is 2.54. The van der Waals surface area contributed by atoms with E-state index in [4.69, 9.17) is 0 Å².